The van der Waals surface area contributed by atoms with Crippen LogP contribution in [0.4, 0.5) is 11.5 Å². The van der Waals surface area contributed by atoms with Gasteiger partial charge in [0.05, 0.1) is 15.8 Å². The van der Waals surface area contributed by atoms with Crippen molar-refractivity contribution in [2.24, 2.45) is 0 Å². The van der Waals surface area contributed by atoms with Gasteiger partial charge in [0.1, 0.15) is 5.82 Å². The molecule has 5 heteroatoms. The number of hydrogen-bond donors (Lipinski definition) is 2. The monoisotopic (exact) mass is 333 g/mol. The Hall–Kier alpha value is -2.92. The molecule has 24 heavy (non-hydrogen) atoms. The van der Waals surface area contributed by atoms with E-state index in [-0.39, 0.29) is 5.91 Å². The van der Waals surface area contributed by atoms with Crippen LogP contribution < -0.4 is 10.6 Å². The number of hydrogen-bond acceptors (Lipinski definition) is 4. The van der Waals surface area contributed by atoms with E-state index in [1.165, 1.54) is 0 Å². The second kappa shape index (κ2) is 5.94. The first-order valence-corrected chi connectivity index (χ1v) is 8.50. The van der Waals surface area contributed by atoms with Crippen LogP contribution in [0.1, 0.15) is 10.4 Å². The third-order valence-electron chi connectivity index (χ3n) is 3.94. The van der Waals surface area contributed by atoms with Crippen molar-refractivity contribution in [2.45, 2.75) is 0 Å². The Morgan fingerprint density at radius 3 is 2.62 bits per heavy atom. The molecule has 2 N–H and O–H groups in total. The van der Waals surface area contributed by atoms with Crippen LogP contribution in [0.3, 0.4) is 0 Å². The van der Waals surface area contributed by atoms with Gasteiger partial charge in [-0.15, -0.1) is 11.3 Å². The molecule has 4 rings (SSSR count). The first kappa shape index (κ1) is 14.7. The predicted octanol–water partition coefficient (Wildman–Crippen LogP) is 4.55. The first-order chi connectivity index (χ1) is 11.8. The number of nitrogens with one attached hydrogen (secondary N) is 2. The maximum Gasteiger partial charge on any atom is 0.253 e. The normalized spacial score (nSPS) is 10.9. The van der Waals surface area contributed by atoms with Crippen molar-refractivity contribution in [1.82, 2.24) is 10.3 Å². The van der Waals surface area contributed by atoms with Crippen molar-refractivity contribution in [2.75, 3.05) is 12.4 Å². The molecule has 0 spiro atoms. The van der Waals surface area contributed by atoms with Crippen molar-refractivity contribution in [3.63, 3.8) is 0 Å². The number of carbonyl (C=O) groups excluding carboxylic acids is 1. The number of rotatable bonds is 3. The van der Waals surface area contributed by atoms with Crippen molar-refractivity contribution >= 4 is 49.7 Å². The van der Waals surface area contributed by atoms with Gasteiger partial charge in [0.2, 0.25) is 0 Å². The number of benzene rings is 2. The van der Waals surface area contributed by atoms with E-state index in [0.717, 1.165) is 27.0 Å². The minimum absolute atomic E-state index is 0.131. The molecule has 0 unspecified atom stereocenters. The van der Waals surface area contributed by atoms with E-state index in [1.807, 2.05) is 42.5 Å². The van der Waals surface area contributed by atoms with Crippen molar-refractivity contribution in [3.05, 3.63) is 65.5 Å². The molecule has 2 aromatic carbocycles. The zero-order valence-corrected chi connectivity index (χ0v) is 13.9. The third-order valence-corrected chi connectivity index (χ3v) is 4.86. The number of pyridine rings is 1. The molecule has 0 atom stereocenters. The number of carbonyl (C=O) groups is 1. The maximum atomic E-state index is 12.2. The highest BCUT2D eigenvalue weighted by atomic mass is 32.1. The fraction of sp³-hybridized carbons (Fsp3) is 0.0526. The zero-order valence-electron chi connectivity index (χ0n) is 13.0. The summed E-state index contributed by atoms with van der Waals surface area (Å²) in [7, 11) is 1.63. The number of aromatic nitrogens is 1. The number of anilines is 2. The molecule has 0 saturated heterocycles. The van der Waals surface area contributed by atoms with Crippen LogP contribution in [0, 0.1) is 0 Å². The van der Waals surface area contributed by atoms with E-state index in [9.17, 15) is 4.79 Å². The van der Waals surface area contributed by atoms with Crippen LogP contribution in [0.25, 0.3) is 21.0 Å². The van der Waals surface area contributed by atoms with Gasteiger partial charge in [0, 0.05) is 23.5 Å². The van der Waals surface area contributed by atoms with E-state index < -0.39 is 0 Å². The molecule has 0 aliphatic rings. The number of fused-ring (bicyclic) bond motifs is 3. The maximum absolute atomic E-state index is 12.2. The molecule has 0 radical (unpaired) electrons. The van der Waals surface area contributed by atoms with Crippen molar-refractivity contribution in [1.29, 1.82) is 0 Å². The van der Waals surface area contributed by atoms with Crippen LogP contribution in [0.2, 0.25) is 0 Å². The number of para-hydroxylation sites is 2. The van der Waals surface area contributed by atoms with Crippen LogP contribution in [0.5, 0.6) is 0 Å². The largest absolute Gasteiger partial charge is 0.355 e. The summed E-state index contributed by atoms with van der Waals surface area (Å²) < 4.78 is 1.08. The van der Waals surface area contributed by atoms with Crippen molar-refractivity contribution in [3.8, 4) is 0 Å². The predicted molar refractivity (Wildman–Crippen MR) is 100 cm³/mol. The van der Waals surface area contributed by atoms with E-state index in [0.29, 0.717) is 11.1 Å². The van der Waals surface area contributed by atoms with E-state index in [1.54, 1.807) is 24.5 Å². The van der Waals surface area contributed by atoms with Gasteiger partial charge in [0.15, 0.2) is 0 Å². The van der Waals surface area contributed by atoms with Gasteiger partial charge in [-0.1, -0.05) is 30.3 Å². The SMILES string of the molecule is CNC(=O)c1cccc2c1nc(Nc1ccccc1)c1sccc12. The third kappa shape index (κ3) is 2.39. The highest BCUT2D eigenvalue weighted by molar-refractivity contribution is 7.18. The number of nitrogens with zero attached hydrogens (tertiary/aromatic N) is 1. The molecule has 118 valence electrons. The molecule has 4 aromatic rings. The van der Waals surface area contributed by atoms with Gasteiger partial charge in [-0.3, -0.25) is 4.79 Å². The van der Waals surface area contributed by atoms with E-state index >= 15 is 0 Å². The quantitative estimate of drug-likeness (QED) is 0.578. The van der Waals surface area contributed by atoms with Crippen molar-refractivity contribution < 1.29 is 4.79 Å². The van der Waals surface area contributed by atoms with E-state index in [2.05, 4.69) is 22.1 Å². The number of amides is 1. The minimum Gasteiger partial charge on any atom is -0.355 e. The Bertz CT molecular complexity index is 1040. The fourth-order valence-electron chi connectivity index (χ4n) is 2.81. The molecule has 0 bridgehead atoms. The highest BCUT2D eigenvalue weighted by Crippen LogP contribution is 2.35. The van der Waals surface area contributed by atoms with Crippen LogP contribution >= 0.6 is 11.3 Å². The molecule has 2 heterocycles. The van der Waals surface area contributed by atoms with Gasteiger partial charge in [-0.2, -0.15) is 0 Å². The average molecular weight is 333 g/mol. The minimum atomic E-state index is -0.131. The molecule has 0 aliphatic heterocycles. The lowest BCUT2D eigenvalue weighted by Gasteiger charge is -2.11. The zero-order chi connectivity index (χ0) is 16.5. The Morgan fingerprint density at radius 1 is 1.00 bits per heavy atom. The van der Waals surface area contributed by atoms with Gasteiger partial charge in [-0.05, 0) is 29.6 Å². The molecular weight excluding hydrogens is 318 g/mol. The Labute approximate surface area is 143 Å². The standard InChI is InChI=1S/C19H15N3OS/c1-20-19(23)15-9-5-8-13-14-10-11-24-17(14)18(22-16(13)15)21-12-6-3-2-4-7-12/h2-11H,1H3,(H,20,23)(H,21,22). The summed E-state index contributed by atoms with van der Waals surface area (Å²) in [6.07, 6.45) is 0. The van der Waals surface area contributed by atoms with Crippen LogP contribution in [0.15, 0.2) is 60.0 Å². The molecule has 4 nitrogen and oxygen atoms in total. The lowest BCUT2D eigenvalue weighted by molar-refractivity contribution is 0.0964. The summed E-state index contributed by atoms with van der Waals surface area (Å²) in [6.45, 7) is 0. The highest BCUT2D eigenvalue weighted by Gasteiger charge is 2.15. The average Bonchev–Trinajstić information content (AvgIpc) is 3.12. The topological polar surface area (TPSA) is 54.0 Å². The second-order valence-electron chi connectivity index (χ2n) is 5.40. The first-order valence-electron chi connectivity index (χ1n) is 7.62. The summed E-state index contributed by atoms with van der Waals surface area (Å²) in [6, 6.07) is 17.7. The Kier molecular flexibility index (Phi) is 3.63. The lowest BCUT2D eigenvalue weighted by Crippen LogP contribution is -2.18. The van der Waals surface area contributed by atoms with Gasteiger partial charge >= 0.3 is 0 Å². The van der Waals surface area contributed by atoms with Crippen LogP contribution in [-0.4, -0.2) is 17.9 Å². The molecule has 2 aromatic heterocycles. The molecular formula is C19H15N3OS. The van der Waals surface area contributed by atoms with Gasteiger partial charge in [0.25, 0.3) is 5.91 Å². The summed E-state index contributed by atoms with van der Waals surface area (Å²) in [5.41, 5.74) is 2.26. The molecule has 0 aliphatic carbocycles. The summed E-state index contributed by atoms with van der Waals surface area (Å²) >= 11 is 1.64. The lowest BCUT2D eigenvalue weighted by atomic mass is 10.1. The smallest absolute Gasteiger partial charge is 0.253 e. The van der Waals surface area contributed by atoms with Crippen LogP contribution in [-0.2, 0) is 0 Å². The summed E-state index contributed by atoms with van der Waals surface area (Å²) in [5.74, 6) is 0.642. The van der Waals surface area contributed by atoms with Gasteiger partial charge < -0.3 is 10.6 Å². The summed E-state index contributed by atoms with van der Waals surface area (Å²) in [4.78, 5) is 17.0. The number of thiophene rings is 1. The van der Waals surface area contributed by atoms with E-state index in [4.69, 9.17) is 4.98 Å². The fourth-order valence-corrected chi connectivity index (χ4v) is 3.66. The summed E-state index contributed by atoms with van der Waals surface area (Å²) in [5, 5.41) is 10.2. The Balaban J connectivity index is 1.98. The molecule has 0 fully saturated rings. The second-order valence-corrected chi connectivity index (χ2v) is 6.31. The van der Waals surface area contributed by atoms with Gasteiger partial charge in [-0.25, -0.2) is 4.98 Å². The molecule has 1 amide bonds. The Morgan fingerprint density at radius 2 is 1.83 bits per heavy atom. The molecule has 0 saturated carbocycles.